The molecule has 0 aromatic carbocycles. The highest BCUT2D eigenvalue weighted by atomic mass is 16.4. The fourth-order valence-corrected chi connectivity index (χ4v) is 2.72. The van der Waals surface area contributed by atoms with Gasteiger partial charge in [0.1, 0.15) is 6.04 Å². The van der Waals surface area contributed by atoms with Gasteiger partial charge in [0, 0.05) is 6.04 Å². The van der Waals surface area contributed by atoms with Crippen LogP contribution in [0.1, 0.15) is 45.4 Å². The molecule has 3 heteroatoms. The molecule has 0 saturated heterocycles. The van der Waals surface area contributed by atoms with E-state index in [0.717, 1.165) is 12.8 Å². The summed E-state index contributed by atoms with van der Waals surface area (Å²) in [4.78, 5) is 11.1. The summed E-state index contributed by atoms with van der Waals surface area (Å²) in [6.45, 7) is 2.15. The van der Waals surface area contributed by atoms with E-state index < -0.39 is 5.97 Å². The maximum atomic E-state index is 11.1. The predicted molar refractivity (Wildman–Crippen MR) is 58.7 cm³/mol. The van der Waals surface area contributed by atoms with Crippen LogP contribution in [0.25, 0.3) is 0 Å². The van der Waals surface area contributed by atoms with Gasteiger partial charge in [0.15, 0.2) is 0 Å². The van der Waals surface area contributed by atoms with E-state index in [1.165, 1.54) is 25.7 Å². The summed E-state index contributed by atoms with van der Waals surface area (Å²) >= 11 is 0. The Morgan fingerprint density at radius 3 is 2.27 bits per heavy atom. The topological polar surface area (TPSA) is 49.3 Å². The van der Waals surface area contributed by atoms with Gasteiger partial charge in [-0.25, -0.2) is 0 Å². The molecule has 0 bridgehead atoms. The summed E-state index contributed by atoms with van der Waals surface area (Å²) in [5.41, 5.74) is 0. The molecule has 0 aromatic rings. The van der Waals surface area contributed by atoms with Gasteiger partial charge in [-0.15, -0.1) is 0 Å². The van der Waals surface area contributed by atoms with Crippen LogP contribution in [0, 0.1) is 11.8 Å². The van der Waals surface area contributed by atoms with E-state index in [1.54, 1.807) is 0 Å². The Balaban J connectivity index is 1.84. The van der Waals surface area contributed by atoms with Gasteiger partial charge in [-0.3, -0.25) is 4.79 Å². The highest BCUT2D eigenvalue weighted by Crippen LogP contribution is 2.34. The Morgan fingerprint density at radius 1 is 1.20 bits per heavy atom. The smallest absolute Gasteiger partial charge is 0.320 e. The van der Waals surface area contributed by atoms with Crippen LogP contribution in [-0.2, 0) is 4.79 Å². The molecule has 1 unspecified atom stereocenters. The second-order valence-corrected chi connectivity index (χ2v) is 5.15. The molecule has 0 aliphatic heterocycles. The molecule has 0 radical (unpaired) electrons. The summed E-state index contributed by atoms with van der Waals surface area (Å²) in [6, 6.07) is 0.0785. The van der Waals surface area contributed by atoms with E-state index in [4.69, 9.17) is 5.11 Å². The highest BCUT2D eigenvalue weighted by Gasteiger charge is 2.37. The van der Waals surface area contributed by atoms with Crippen LogP contribution in [0.4, 0.5) is 0 Å². The SMILES string of the molecule is C[C@H](NC(C(=O)O)C1CC1)C1CCCC1. The van der Waals surface area contributed by atoms with Crippen LogP contribution in [0.5, 0.6) is 0 Å². The molecule has 2 aliphatic carbocycles. The minimum absolute atomic E-state index is 0.291. The lowest BCUT2D eigenvalue weighted by atomic mass is 9.98. The molecular weight excluding hydrogens is 190 g/mol. The Kier molecular flexibility index (Phi) is 3.29. The molecule has 2 aliphatic rings. The number of hydrogen-bond acceptors (Lipinski definition) is 2. The second-order valence-electron chi connectivity index (χ2n) is 5.15. The normalized spacial score (nSPS) is 26.5. The minimum Gasteiger partial charge on any atom is -0.480 e. The van der Waals surface area contributed by atoms with Crippen molar-refractivity contribution in [2.45, 2.75) is 57.5 Å². The quantitative estimate of drug-likeness (QED) is 0.731. The van der Waals surface area contributed by atoms with Crippen LogP contribution in [0.15, 0.2) is 0 Å². The van der Waals surface area contributed by atoms with E-state index in [2.05, 4.69) is 12.2 Å². The van der Waals surface area contributed by atoms with E-state index in [1.807, 2.05) is 0 Å². The molecule has 2 fully saturated rings. The van der Waals surface area contributed by atoms with Gasteiger partial charge in [-0.1, -0.05) is 12.8 Å². The highest BCUT2D eigenvalue weighted by molar-refractivity contribution is 5.74. The van der Waals surface area contributed by atoms with Gasteiger partial charge in [-0.2, -0.15) is 0 Å². The average Bonchev–Trinajstić information content (AvgIpc) is 2.87. The van der Waals surface area contributed by atoms with Gasteiger partial charge in [0.05, 0.1) is 0 Å². The summed E-state index contributed by atoms with van der Waals surface area (Å²) in [5, 5.41) is 12.4. The second kappa shape index (κ2) is 4.52. The van der Waals surface area contributed by atoms with Crippen molar-refractivity contribution in [2.75, 3.05) is 0 Å². The largest absolute Gasteiger partial charge is 0.480 e. The zero-order valence-electron chi connectivity index (χ0n) is 9.41. The zero-order chi connectivity index (χ0) is 10.8. The lowest BCUT2D eigenvalue weighted by molar-refractivity contribution is -0.140. The predicted octanol–water partition coefficient (Wildman–Crippen LogP) is 2.02. The average molecular weight is 211 g/mol. The molecule has 2 rings (SSSR count). The number of carboxylic acids is 1. The van der Waals surface area contributed by atoms with Gasteiger partial charge in [0.25, 0.3) is 0 Å². The summed E-state index contributed by atoms with van der Waals surface area (Å²) in [5.74, 6) is 0.430. The third-order valence-electron chi connectivity index (χ3n) is 3.91. The molecule has 0 heterocycles. The summed E-state index contributed by atoms with van der Waals surface area (Å²) < 4.78 is 0. The van der Waals surface area contributed by atoms with Crippen molar-refractivity contribution in [3.8, 4) is 0 Å². The minimum atomic E-state index is -0.664. The first-order chi connectivity index (χ1) is 7.18. The van der Waals surface area contributed by atoms with Gasteiger partial charge < -0.3 is 10.4 Å². The van der Waals surface area contributed by atoms with Crippen molar-refractivity contribution in [1.29, 1.82) is 0 Å². The number of aliphatic carboxylic acids is 1. The lowest BCUT2D eigenvalue weighted by Crippen LogP contribution is -2.46. The van der Waals surface area contributed by atoms with E-state index >= 15 is 0 Å². The molecule has 15 heavy (non-hydrogen) atoms. The van der Waals surface area contributed by atoms with E-state index in [0.29, 0.717) is 17.9 Å². The van der Waals surface area contributed by atoms with E-state index in [9.17, 15) is 4.79 Å². The number of hydrogen-bond donors (Lipinski definition) is 2. The first-order valence-electron chi connectivity index (χ1n) is 6.17. The lowest BCUT2D eigenvalue weighted by Gasteiger charge is -2.24. The standard InChI is InChI=1S/C12H21NO2/c1-8(9-4-2-3-5-9)13-11(12(14)15)10-6-7-10/h8-11,13H,2-7H2,1H3,(H,14,15)/t8-,11?/m0/s1. The number of carbonyl (C=O) groups is 1. The summed E-state index contributed by atoms with van der Waals surface area (Å²) in [7, 11) is 0. The van der Waals surface area contributed by atoms with Crippen molar-refractivity contribution < 1.29 is 9.90 Å². The van der Waals surface area contributed by atoms with Crippen molar-refractivity contribution >= 4 is 5.97 Å². The Bertz CT molecular complexity index is 232. The summed E-state index contributed by atoms with van der Waals surface area (Å²) in [6.07, 6.45) is 7.34. The molecule has 0 amide bonds. The van der Waals surface area contributed by atoms with Crippen LogP contribution in [0.2, 0.25) is 0 Å². The fraction of sp³-hybridized carbons (Fsp3) is 0.917. The third kappa shape index (κ3) is 2.71. The fourth-order valence-electron chi connectivity index (χ4n) is 2.72. The number of carboxylic acid groups (broad SMARTS) is 1. The molecule has 2 N–H and O–H groups in total. The van der Waals surface area contributed by atoms with Crippen molar-refractivity contribution in [3.63, 3.8) is 0 Å². The van der Waals surface area contributed by atoms with E-state index in [-0.39, 0.29) is 6.04 Å². The molecular formula is C12H21NO2. The molecule has 0 aromatic heterocycles. The van der Waals surface area contributed by atoms with Crippen LogP contribution in [0.3, 0.4) is 0 Å². The Hall–Kier alpha value is -0.570. The first kappa shape index (κ1) is 10.9. The van der Waals surface area contributed by atoms with Gasteiger partial charge in [-0.05, 0) is 44.4 Å². The van der Waals surface area contributed by atoms with Crippen molar-refractivity contribution in [1.82, 2.24) is 5.32 Å². The van der Waals surface area contributed by atoms with Crippen LogP contribution < -0.4 is 5.32 Å². The molecule has 86 valence electrons. The Labute approximate surface area is 91.2 Å². The molecule has 2 atom stereocenters. The van der Waals surface area contributed by atoms with Crippen LogP contribution in [-0.4, -0.2) is 23.2 Å². The molecule has 2 saturated carbocycles. The third-order valence-corrected chi connectivity index (χ3v) is 3.91. The zero-order valence-corrected chi connectivity index (χ0v) is 9.41. The first-order valence-corrected chi connectivity index (χ1v) is 6.17. The van der Waals surface area contributed by atoms with Gasteiger partial charge >= 0.3 is 5.97 Å². The number of rotatable bonds is 5. The monoisotopic (exact) mass is 211 g/mol. The van der Waals surface area contributed by atoms with Gasteiger partial charge in [0.2, 0.25) is 0 Å². The van der Waals surface area contributed by atoms with Crippen molar-refractivity contribution in [3.05, 3.63) is 0 Å². The maximum absolute atomic E-state index is 11.1. The number of nitrogens with one attached hydrogen (secondary N) is 1. The molecule has 3 nitrogen and oxygen atoms in total. The maximum Gasteiger partial charge on any atom is 0.320 e. The van der Waals surface area contributed by atoms with Crippen molar-refractivity contribution in [2.24, 2.45) is 11.8 Å². The molecule has 0 spiro atoms. The van der Waals surface area contributed by atoms with Crippen LogP contribution >= 0.6 is 0 Å². The Morgan fingerprint density at radius 2 is 1.80 bits per heavy atom.